The third kappa shape index (κ3) is 3.74. The Bertz CT molecular complexity index is 777. The van der Waals surface area contributed by atoms with Gasteiger partial charge in [0.1, 0.15) is 0 Å². The zero-order chi connectivity index (χ0) is 18.2. The number of nitrogens with zero attached hydrogens (tertiary/aromatic N) is 2. The van der Waals surface area contributed by atoms with Gasteiger partial charge in [0.05, 0.1) is 21.8 Å². The van der Waals surface area contributed by atoms with Gasteiger partial charge in [-0.2, -0.15) is 4.31 Å². The Kier molecular flexibility index (Phi) is 5.48. The molecule has 2 aliphatic rings. The maximum absolute atomic E-state index is 12.5. The highest BCUT2D eigenvalue weighted by Crippen LogP contribution is 2.39. The average Bonchev–Trinajstić information content (AvgIpc) is 3.01. The van der Waals surface area contributed by atoms with Crippen molar-refractivity contribution in [2.45, 2.75) is 25.8 Å². The molecule has 0 aromatic heterocycles. The van der Waals surface area contributed by atoms with E-state index in [-0.39, 0.29) is 17.8 Å². The van der Waals surface area contributed by atoms with Crippen LogP contribution in [-0.2, 0) is 16.4 Å². The molecule has 6 nitrogen and oxygen atoms in total. The zero-order valence-electron chi connectivity index (χ0n) is 14.0. The molecule has 1 N–H and O–H groups in total. The number of urea groups is 1. The van der Waals surface area contributed by atoms with E-state index in [0.717, 1.165) is 24.0 Å². The lowest BCUT2D eigenvalue weighted by atomic mass is 10.1. The van der Waals surface area contributed by atoms with Crippen LogP contribution in [0.15, 0.2) is 12.1 Å². The molecule has 1 fully saturated rings. The fraction of sp³-hybridized carbons (Fsp3) is 0.562. The van der Waals surface area contributed by atoms with Gasteiger partial charge in [-0.15, -0.1) is 0 Å². The Morgan fingerprint density at radius 1 is 1.24 bits per heavy atom. The van der Waals surface area contributed by atoms with E-state index < -0.39 is 10.0 Å². The summed E-state index contributed by atoms with van der Waals surface area (Å²) in [5.41, 5.74) is 2.01. The lowest BCUT2D eigenvalue weighted by Crippen LogP contribution is -2.53. The van der Waals surface area contributed by atoms with E-state index in [1.54, 1.807) is 17.9 Å². The van der Waals surface area contributed by atoms with E-state index in [4.69, 9.17) is 23.2 Å². The summed E-state index contributed by atoms with van der Waals surface area (Å²) in [4.78, 5) is 14.2. The van der Waals surface area contributed by atoms with Crippen LogP contribution in [-0.4, -0.2) is 55.6 Å². The highest BCUT2D eigenvalue weighted by atomic mass is 35.5. The van der Waals surface area contributed by atoms with Crippen molar-refractivity contribution in [1.82, 2.24) is 14.5 Å². The normalized spacial score (nSPS) is 21.2. The number of sulfonamides is 1. The largest absolute Gasteiger partial charge is 0.331 e. The molecule has 1 unspecified atom stereocenters. The van der Waals surface area contributed by atoms with E-state index in [2.05, 4.69) is 5.32 Å². The third-order valence-electron chi connectivity index (χ3n) is 4.87. The Morgan fingerprint density at radius 2 is 1.92 bits per heavy atom. The second kappa shape index (κ2) is 7.31. The predicted molar refractivity (Wildman–Crippen MR) is 98.7 cm³/mol. The molecule has 138 valence electrons. The summed E-state index contributed by atoms with van der Waals surface area (Å²) in [5.74, 6) is 0.0847. The van der Waals surface area contributed by atoms with Crippen LogP contribution in [0.3, 0.4) is 0 Å². The van der Waals surface area contributed by atoms with Crippen molar-refractivity contribution < 1.29 is 13.2 Å². The first-order valence-corrected chi connectivity index (χ1v) is 10.7. The highest BCUT2D eigenvalue weighted by Gasteiger charge is 2.31. The van der Waals surface area contributed by atoms with Crippen LogP contribution in [0.5, 0.6) is 0 Å². The number of carbonyl (C=O) groups excluding carboxylic acids is 1. The van der Waals surface area contributed by atoms with Crippen LogP contribution in [0.25, 0.3) is 0 Å². The predicted octanol–water partition coefficient (Wildman–Crippen LogP) is 2.66. The minimum absolute atomic E-state index is 0.0847. The minimum Gasteiger partial charge on any atom is -0.331 e. The van der Waals surface area contributed by atoms with Crippen molar-refractivity contribution in [3.8, 4) is 0 Å². The van der Waals surface area contributed by atoms with Gasteiger partial charge in [-0.05, 0) is 37.0 Å². The molecule has 2 amide bonds. The van der Waals surface area contributed by atoms with E-state index in [1.165, 1.54) is 4.31 Å². The molecule has 1 aromatic rings. The first-order valence-electron chi connectivity index (χ1n) is 8.33. The number of hydrogen-bond donors (Lipinski definition) is 1. The highest BCUT2D eigenvalue weighted by molar-refractivity contribution is 7.89. The van der Waals surface area contributed by atoms with Crippen molar-refractivity contribution in [1.29, 1.82) is 0 Å². The zero-order valence-corrected chi connectivity index (χ0v) is 16.3. The number of piperazine rings is 1. The van der Waals surface area contributed by atoms with Gasteiger partial charge < -0.3 is 10.2 Å². The van der Waals surface area contributed by atoms with Crippen LogP contribution < -0.4 is 5.32 Å². The summed E-state index contributed by atoms with van der Waals surface area (Å²) in [5, 5.41) is 4.13. The standard InChI is InChI=1S/C16H21Cl2N3O3S/c1-2-25(23,24)21-9-7-20(8-10-21)16(22)19-14-6-4-12-11(14)3-5-13(17)15(12)18/h3,5,14H,2,4,6-10H2,1H3,(H,19,22). The molecule has 0 spiro atoms. The monoisotopic (exact) mass is 405 g/mol. The van der Waals surface area contributed by atoms with Crippen molar-refractivity contribution in [2.24, 2.45) is 0 Å². The Morgan fingerprint density at radius 3 is 2.56 bits per heavy atom. The van der Waals surface area contributed by atoms with Gasteiger partial charge in [-0.25, -0.2) is 13.2 Å². The number of halogens is 2. The second-order valence-corrected chi connectivity index (χ2v) is 9.30. The lowest BCUT2D eigenvalue weighted by Gasteiger charge is -2.34. The Labute approximate surface area is 158 Å². The molecule has 1 aliphatic carbocycles. The van der Waals surface area contributed by atoms with E-state index in [0.29, 0.717) is 36.2 Å². The number of benzene rings is 1. The summed E-state index contributed by atoms with van der Waals surface area (Å²) >= 11 is 12.3. The molecule has 1 heterocycles. The molecular formula is C16H21Cl2N3O3S. The van der Waals surface area contributed by atoms with Gasteiger partial charge in [0.2, 0.25) is 10.0 Å². The summed E-state index contributed by atoms with van der Waals surface area (Å²) < 4.78 is 25.2. The maximum Gasteiger partial charge on any atom is 0.317 e. The molecule has 3 rings (SSSR count). The number of fused-ring (bicyclic) bond motifs is 1. The summed E-state index contributed by atoms with van der Waals surface area (Å²) in [6, 6.07) is 3.40. The van der Waals surface area contributed by atoms with Gasteiger partial charge in [-0.3, -0.25) is 0 Å². The van der Waals surface area contributed by atoms with Gasteiger partial charge >= 0.3 is 6.03 Å². The Hall–Kier alpha value is -1.02. The van der Waals surface area contributed by atoms with Gasteiger partial charge in [0.25, 0.3) is 0 Å². The van der Waals surface area contributed by atoms with Crippen molar-refractivity contribution >= 4 is 39.3 Å². The second-order valence-electron chi connectivity index (χ2n) is 6.26. The van der Waals surface area contributed by atoms with Crippen molar-refractivity contribution in [2.75, 3.05) is 31.9 Å². The van der Waals surface area contributed by atoms with Crippen LogP contribution in [0.4, 0.5) is 4.79 Å². The van der Waals surface area contributed by atoms with E-state index in [1.807, 2.05) is 6.07 Å². The molecule has 1 atom stereocenters. The molecule has 0 bridgehead atoms. The first-order chi connectivity index (χ1) is 11.8. The minimum atomic E-state index is -3.19. The fourth-order valence-electron chi connectivity index (χ4n) is 3.37. The van der Waals surface area contributed by atoms with Gasteiger partial charge in [-0.1, -0.05) is 29.3 Å². The molecule has 1 saturated heterocycles. The summed E-state index contributed by atoms with van der Waals surface area (Å²) in [6.45, 7) is 3.10. The number of nitrogens with one attached hydrogen (secondary N) is 1. The van der Waals surface area contributed by atoms with E-state index in [9.17, 15) is 13.2 Å². The molecule has 9 heteroatoms. The molecule has 0 radical (unpaired) electrons. The average molecular weight is 406 g/mol. The first kappa shape index (κ1) is 18.8. The number of rotatable bonds is 3. The molecular weight excluding hydrogens is 385 g/mol. The molecule has 0 saturated carbocycles. The molecule has 25 heavy (non-hydrogen) atoms. The van der Waals surface area contributed by atoms with Crippen LogP contribution >= 0.6 is 23.2 Å². The van der Waals surface area contributed by atoms with E-state index >= 15 is 0 Å². The van der Waals surface area contributed by atoms with Crippen molar-refractivity contribution in [3.05, 3.63) is 33.3 Å². The lowest BCUT2D eigenvalue weighted by molar-refractivity contribution is 0.169. The molecule has 1 aliphatic heterocycles. The number of hydrogen-bond acceptors (Lipinski definition) is 3. The molecule has 1 aromatic carbocycles. The fourth-order valence-corrected chi connectivity index (χ4v) is 4.90. The smallest absolute Gasteiger partial charge is 0.317 e. The Balaban J connectivity index is 1.61. The quantitative estimate of drug-likeness (QED) is 0.839. The van der Waals surface area contributed by atoms with Gasteiger partial charge in [0.15, 0.2) is 0 Å². The topological polar surface area (TPSA) is 69.7 Å². The van der Waals surface area contributed by atoms with Crippen LogP contribution in [0, 0.1) is 0 Å². The SMILES string of the molecule is CCS(=O)(=O)N1CCN(C(=O)NC2CCc3c2ccc(Cl)c3Cl)CC1. The third-order valence-corrected chi connectivity index (χ3v) is 7.60. The summed E-state index contributed by atoms with van der Waals surface area (Å²) in [6.07, 6.45) is 1.56. The summed E-state index contributed by atoms with van der Waals surface area (Å²) in [7, 11) is -3.19. The maximum atomic E-state index is 12.5. The van der Waals surface area contributed by atoms with Gasteiger partial charge in [0, 0.05) is 26.2 Å². The number of carbonyl (C=O) groups is 1. The number of amides is 2. The van der Waals surface area contributed by atoms with Crippen LogP contribution in [0.2, 0.25) is 10.0 Å². The van der Waals surface area contributed by atoms with Crippen LogP contribution in [0.1, 0.15) is 30.5 Å². The van der Waals surface area contributed by atoms with Crippen molar-refractivity contribution in [3.63, 3.8) is 0 Å².